The topological polar surface area (TPSA) is 143 Å². The number of allylic oxidation sites excluding steroid dienone is 2. The van der Waals surface area contributed by atoms with Gasteiger partial charge in [0.25, 0.3) is 0 Å². The lowest BCUT2D eigenvalue weighted by Gasteiger charge is -2.37. The molecule has 41 heavy (non-hydrogen) atoms. The average molecular weight is 557 g/mol. The van der Waals surface area contributed by atoms with Gasteiger partial charge in [0.2, 0.25) is 5.91 Å². The first-order valence-electron chi connectivity index (χ1n) is 13.9. The zero-order valence-electron chi connectivity index (χ0n) is 23.4. The molecule has 0 spiro atoms. The molecule has 4 rings (SSSR count). The molecule has 1 amide bonds. The number of hydrogen-bond acceptors (Lipinski definition) is 6. The number of piperidine rings is 1. The molecule has 1 saturated heterocycles. The SMILES string of the molecule is CC1=C(C(=O)O)C(c2cccc(NC(=O)CCCCN3CCC(C#N)(c4ccccc4)CC3)c2)C(C(=O)O)=C(C)N1. The minimum atomic E-state index is -1.20. The molecule has 4 N–H and O–H groups in total. The van der Waals surface area contributed by atoms with Crippen LogP contribution in [0, 0.1) is 11.3 Å². The van der Waals surface area contributed by atoms with Crippen molar-refractivity contribution >= 4 is 23.5 Å². The van der Waals surface area contributed by atoms with Crippen LogP contribution in [0.2, 0.25) is 0 Å². The molecule has 0 aromatic heterocycles. The van der Waals surface area contributed by atoms with Crippen molar-refractivity contribution < 1.29 is 24.6 Å². The number of dihydropyridines is 1. The number of anilines is 1. The lowest BCUT2D eigenvalue weighted by molar-refractivity contribution is -0.133. The molecule has 2 heterocycles. The number of benzene rings is 2. The van der Waals surface area contributed by atoms with Crippen molar-refractivity contribution in [2.75, 3.05) is 25.0 Å². The summed E-state index contributed by atoms with van der Waals surface area (Å²) in [7, 11) is 0. The van der Waals surface area contributed by atoms with Crippen molar-refractivity contribution in [2.45, 2.75) is 57.3 Å². The number of carbonyl (C=O) groups is 3. The number of hydrogen-bond donors (Lipinski definition) is 4. The van der Waals surface area contributed by atoms with Gasteiger partial charge in [0.05, 0.1) is 28.5 Å². The average Bonchev–Trinajstić information content (AvgIpc) is 2.95. The third-order valence-electron chi connectivity index (χ3n) is 8.10. The second-order valence-corrected chi connectivity index (χ2v) is 10.8. The van der Waals surface area contributed by atoms with Crippen LogP contribution in [0.3, 0.4) is 0 Å². The van der Waals surface area contributed by atoms with E-state index in [2.05, 4.69) is 21.6 Å². The summed E-state index contributed by atoms with van der Waals surface area (Å²) in [4.78, 5) is 39.2. The number of amides is 1. The molecule has 2 aromatic rings. The van der Waals surface area contributed by atoms with E-state index in [1.807, 2.05) is 30.3 Å². The molecule has 1 fully saturated rings. The van der Waals surface area contributed by atoms with Gasteiger partial charge >= 0.3 is 11.9 Å². The number of likely N-dealkylation sites (tertiary alicyclic amines) is 1. The van der Waals surface area contributed by atoms with Crippen LogP contribution in [-0.2, 0) is 19.8 Å². The lowest BCUT2D eigenvalue weighted by atomic mass is 9.74. The largest absolute Gasteiger partial charge is 0.478 e. The van der Waals surface area contributed by atoms with Gasteiger partial charge in [0, 0.05) is 23.5 Å². The number of nitrogens with zero attached hydrogens (tertiary/aromatic N) is 2. The Hall–Kier alpha value is -4.42. The summed E-state index contributed by atoms with van der Waals surface area (Å²) in [5, 5.41) is 35.3. The predicted molar refractivity (Wildman–Crippen MR) is 155 cm³/mol. The maximum atomic E-state index is 12.7. The van der Waals surface area contributed by atoms with Crippen molar-refractivity contribution in [3.8, 4) is 6.07 Å². The first-order valence-corrected chi connectivity index (χ1v) is 13.9. The number of carbonyl (C=O) groups excluding carboxylic acids is 1. The van der Waals surface area contributed by atoms with E-state index >= 15 is 0 Å². The molecule has 9 nitrogen and oxygen atoms in total. The van der Waals surface area contributed by atoms with E-state index < -0.39 is 23.3 Å². The molecule has 0 radical (unpaired) electrons. The molecular formula is C32H36N4O5. The van der Waals surface area contributed by atoms with Crippen molar-refractivity contribution in [2.24, 2.45) is 0 Å². The van der Waals surface area contributed by atoms with Crippen molar-refractivity contribution in [1.82, 2.24) is 10.2 Å². The quantitative estimate of drug-likeness (QED) is 0.307. The fourth-order valence-corrected chi connectivity index (χ4v) is 5.92. The van der Waals surface area contributed by atoms with Gasteiger partial charge in [-0.05, 0) is 82.4 Å². The molecule has 0 atom stereocenters. The second-order valence-electron chi connectivity index (χ2n) is 10.8. The Morgan fingerprint density at radius 2 is 1.61 bits per heavy atom. The van der Waals surface area contributed by atoms with E-state index in [1.165, 1.54) is 0 Å². The summed E-state index contributed by atoms with van der Waals surface area (Å²) < 4.78 is 0. The third kappa shape index (κ3) is 6.67. The molecular weight excluding hydrogens is 520 g/mol. The van der Waals surface area contributed by atoms with E-state index in [1.54, 1.807) is 38.1 Å². The second kappa shape index (κ2) is 12.8. The molecule has 2 aromatic carbocycles. The third-order valence-corrected chi connectivity index (χ3v) is 8.10. The predicted octanol–water partition coefficient (Wildman–Crippen LogP) is 4.76. The molecule has 0 unspecified atom stereocenters. The van der Waals surface area contributed by atoms with Crippen LogP contribution in [0.15, 0.2) is 77.1 Å². The molecule has 214 valence electrons. The number of rotatable bonds is 10. The summed E-state index contributed by atoms with van der Waals surface area (Å²) in [6.07, 6.45) is 3.46. The van der Waals surface area contributed by atoms with Gasteiger partial charge < -0.3 is 25.7 Å². The maximum Gasteiger partial charge on any atom is 0.334 e. The highest BCUT2D eigenvalue weighted by Crippen LogP contribution is 2.39. The van der Waals surface area contributed by atoms with Gasteiger partial charge in [-0.2, -0.15) is 5.26 Å². The van der Waals surface area contributed by atoms with Gasteiger partial charge in [0.1, 0.15) is 0 Å². The van der Waals surface area contributed by atoms with Crippen LogP contribution in [-0.4, -0.2) is 52.6 Å². The van der Waals surface area contributed by atoms with Gasteiger partial charge in [-0.3, -0.25) is 4.79 Å². The molecule has 0 saturated carbocycles. The van der Waals surface area contributed by atoms with Gasteiger partial charge in [-0.25, -0.2) is 9.59 Å². The zero-order chi connectivity index (χ0) is 29.6. The fraction of sp³-hybridized carbons (Fsp3) is 0.375. The van der Waals surface area contributed by atoms with Crippen molar-refractivity contribution in [3.05, 3.63) is 88.3 Å². The van der Waals surface area contributed by atoms with Crippen molar-refractivity contribution in [1.29, 1.82) is 5.26 Å². The molecule has 2 aliphatic rings. The number of nitriles is 1. The normalized spacial score (nSPS) is 17.5. The summed E-state index contributed by atoms with van der Waals surface area (Å²) in [5.74, 6) is -3.54. The molecule has 9 heteroatoms. The molecule has 2 aliphatic heterocycles. The van der Waals surface area contributed by atoms with E-state index in [0.717, 1.165) is 44.5 Å². The van der Waals surface area contributed by atoms with E-state index in [-0.39, 0.29) is 17.1 Å². The minimum absolute atomic E-state index is 0.0371. The highest BCUT2D eigenvalue weighted by Gasteiger charge is 2.37. The Morgan fingerprint density at radius 3 is 2.20 bits per heavy atom. The van der Waals surface area contributed by atoms with E-state index in [4.69, 9.17) is 0 Å². The smallest absolute Gasteiger partial charge is 0.334 e. The first-order chi connectivity index (χ1) is 19.6. The van der Waals surface area contributed by atoms with Gasteiger partial charge in [0.15, 0.2) is 0 Å². The lowest BCUT2D eigenvalue weighted by Crippen LogP contribution is -2.42. The number of aliphatic carboxylic acids is 2. The zero-order valence-corrected chi connectivity index (χ0v) is 23.4. The van der Waals surface area contributed by atoms with Crippen molar-refractivity contribution in [3.63, 3.8) is 0 Å². The summed E-state index contributed by atoms with van der Waals surface area (Å²) >= 11 is 0. The molecule has 0 bridgehead atoms. The number of unbranched alkanes of at least 4 members (excludes halogenated alkanes) is 1. The van der Waals surface area contributed by atoms with Crippen LogP contribution in [0.4, 0.5) is 5.69 Å². The first kappa shape index (κ1) is 29.6. The minimum Gasteiger partial charge on any atom is -0.478 e. The Labute approximate surface area is 240 Å². The van der Waals surface area contributed by atoms with Crippen LogP contribution in [0.1, 0.15) is 63.0 Å². The van der Waals surface area contributed by atoms with Crippen LogP contribution in [0.5, 0.6) is 0 Å². The maximum absolute atomic E-state index is 12.7. The van der Waals surface area contributed by atoms with Gasteiger partial charge in [-0.15, -0.1) is 0 Å². The fourth-order valence-electron chi connectivity index (χ4n) is 5.92. The Morgan fingerprint density at radius 1 is 0.976 bits per heavy atom. The number of carboxylic acid groups (broad SMARTS) is 2. The number of carboxylic acids is 2. The highest BCUT2D eigenvalue weighted by molar-refractivity contribution is 5.98. The van der Waals surface area contributed by atoms with Crippen LogP contribution < -0.4 is 10.6 Å². The van der Waals surface area contributed by atoms with E-state index in [0.29, 0.717) is 35.5 Å². The summed E-state index contributed by atoms with van der Waals surface area (Å²) in [5.41, 5.74) is 2.30. The summed E-state index contributed by atoms with van der Waals surface area (Å²) in [6.45, 7) is 5.77. The van der Waals surface area contributed by atoms with Crippen LogP contribution in [0.25, 0.3) is 0 Å². The monoisotopic (exact) mass is 556 g/mol. The number of nitrogens with one attached hydrogen (secondary N) is 2. The summed E-state index contributed by atoms with van der Waals surface area (Å²) in [6, 6.07) is 19.3. The van der Waals surface area contributed by atoms with Gasteiger partial charge in [-0.1, -0.05) is 42.5 Å². The standard InChI is InChI=1S/C32H36N4O5/c1-21-27(30(38)39)29(28(31(40)41)22(2)34-21)23-9-8-12-25(19-23)35-26(37)13-6-7-16-36-17-14-32(20-33,15-18-36)24-10-4-3-5-11-24/h3-5,8-12,19,29,34H,6-7,13-18H2,1-2H3,(H,35,37)(H,38,39)(H,40,41). The van der Waals surface area contributed by atoms with E-state index in [9.17, 15) is 29.9 Å². The Kier molecular flexibility index (Phi) is 9.25. The molecule has 0 aliphatic carbocycles. The Bertz CT molecular complexity index is 1380. The van der Waals surface area contributed by atoms with Crippen LogP contribution >= 0.6 is 0 Å². The Balaban J connectivity index is 1.31. The highest BCUT2D eigenvalue weighted by atomic mass is 16.4.